The lowest BCUT2D eigenvalue weighted by molar-refractivity contribution is -0.128. The molecule has 1 aromatic heterocycles. The third kappa shape index (κ3) is 3.61. The number of benzene rings is 1. The lowest BCUT2D eigenvalue weighted by Crippen LogP contribution is -2.30. The zero-order chi connectivity index (χ0) is 16.5. The monoisotopic (exact) mass is 346 g/mol. The van der Waals surface area contributed by atoms with Crippen molar-refractivity contribution in [2.24, 2.45) is 0 Å². The zero-order valence-electron chi connectivity index (χ0n) is 13.8. The summed E-state index contributed by atoms with van der Waals surface area (Å²) in [5.41, 5.74) is 1.81. The number of hydrogen-bond donors (Lipinski definition) is 1. The average molecular weight is 346 g/mol. The first-order chi connectivity index (χ1) is 11.7. The van der Waals surface area contributed by atoms with Crippen molar-refractivity contribution in [1.29, 1.82) is 0 Å². The minimum absolute atomic E-state index is 0.126. The van der Waals surface area contributed by atoms with E-state index in [2.05, 4.69) is 10.3 Å². The lowest BCUT2D eigenvalue weighted by Gasteiger charge is -2.16. The summed E-state index contributed by atoms with van der Waals surface area (Å²) in [6.45, 7) is 3.06. The minimum Gasteiger partial charge on any atom is -0.376 e. The number of thiazole rings is 1. The Bertz CT molecular complexity index is 735. The standard InChI is InChI=1S/C18H22N2O3S/c1-11(23-10-14-3-2-8-22-14)17(21)19-13-6-7-15-16(9-13)24-18(20-15)12-4-5-12/h6-7,9,11-12,14H,2-5,8,10H2,1H3,(H,19,21)/t11-,14+/m0/s1. The van der Waals surface area contributed by atoms with E-state index in [4.69, 9.17) is 9.47 Å². The molecular weight excluding hydrogens is 324 g/mol. The quantitative estimate of drug-likeness (QED) is 0.866. The van der Waals surface area contributed by atoms with Gasteiger partial charge in [0.05, 0.1) is 27.9 Å². The summed E-state index contributed by atoms with van der Waals surface area (Å²) in [7, 11) is 0. The van der Waals surface area contributed by atoms with Crippen molar-refractivity contribution >= 4 is 33.1 Å². The molecule has 2 aliphatic rings. The summed E-state index contributed by atoms with van der Waals surface area (Å²) in [6.07, 6.45) is 4.24. The highest BCUT2D eigenvalue weighted by Crippen LogP contribution is 2.43. The molecule has 1 saturated carbocycles. The first kappa shape index (κ1) is 16.0. The Balaban J connectivity index is 1.36. The SMILES string of the molecule is C[C@H](OC[C@H]1CCCO1)C(=O)Nc1ccc2nc(C3CC3)sc2c1. The van der Waals surface area contributed by atoms with Crippen LogP contribution < -0.4 is 5.32 Å². The molecular formula is C18H22N2O3S. The second kappa shape index (κ2) is 6.78. The van der Waals surface area contributed by atoms with Gasteiger partial charge in [0, 0.05) is 18.2 Å². The molecule has 2 atom stereocenters. The fraction of sp³-hybridized carbons (Fsp3) is 0.556. The van der Waals surface area contributed by atoms with E-state index >= 15 is 0 Å². The fourth-order valence-electron chi connectivity index (χ4n) is 2.87. The molecule has 1 amide bonds. The number of nitrogens with one attached hydrogen (secondary N) is 1. The lowest BCUT2D eigenvalue weighted by atomic mass is 10.2. The first-order valence-corrected chi connectivity index (χ1v) is 9.45. The van der Waals surface area contributed by atoms with Crippen LogP contribution in [-0.4, -0.2) is 36.3 Å². The van der Waals surface area contributed by atoms with Gasteiger partial charge in [-0.05, 0) is 50.8 Å². The molecule has 1 saturated heterocycles. The molecule has 4 rings (SSSR count). The highest BCUT2D eigenvalue weighted by molar-refractivity contribution is 7.18. The van der Waals surface area contributed by atoms with Crippen LogP contribution in [0.5, 0.6) is 0 Å². The van der Waals surface area contributed by atoms with Crippen LogP contribution in [0.4, 0.5) is 5.69 Å². The maximum absolute atomic E-state index is 12.3. The van der Waals surface area contributed by atoms with Gasteiger partial charge in [0.25, 0.3) is 5.91 Å². The van der Waals surface area contributed by atoms with Gasteiger partial charge in [-0.25, -0.2) is 4.98 Å². The van der Waals surface area contributed by atoms with Gasteiger partial charge in [-0.15, -0.1) is 11.3 Å². The summed E-state index contributed by atoms with van der Waals surface area (Å²) < 4.78 is 12.3. The summed E-state index contributed by atoms with van der Waals surface area (Å²) in [5, 5.41) is 4.16. The average Bonchev–Trinajstić information content (AvgIpc) is 3.14. The van der Waals surface area contributed by atoms with Crippen molar-refractivity contribution in [2.45, 2.75) is 50.7 Å². The number of carbonyl (C=O) groups excluding carboxylic acids is 1. The van der Waals surface area contributed by atoms with Crippen molar-refractivity contribution in [2.75, 3.05) is 18.5 Å². The van der Waals surface area contributed by atoms with Crippen LogP contribution in [0.25, 0.3) is 10.2 Å². The number of ether oxygens (including phenoxy) is 2. The molecule has 2 aromatic rings. The van der Waals surface area contributed by atoms with E-state index in [0.29, 0.717) is 12.5 Å². The Hall–Kier alpha value is -1.50. The molecule has 0 radical (unpaired) electrons. The van der Waals surface area contributed by atoms with Crippen LogP contribution in [0.3, 0.4) is 0 Å². The second-order valence-corrected chi connectivity index (χ2v) is 7.67. The molecule has 128 valence electrons. The van der Waals surface area contributed by atoms with Crippen LogP contribution in [0, 0.1) is 0 Å². The maximum atomic E-state index is 12.3. The van der Waals surface area contributed by atoms with Crippen molar-refractivity contribution in [1.82, 2.24) is 4.98 Å². The van der Waals surface area contributed by atoms with Crippen LogP contribution in [-0.2, 0) is 14.3 Å². The highest BCUT2D eigenvalue weighted by Gasteiger charge is 2.27. The summed E-state index contributed by atoms with van der Waals surface area (Å²) in [5.74, 6) is 0.533. The second-order valence-electron chi connectivity index (χ2n) is 6.61. The first-order valence-electron chi connectivity index (χ1n) is 8.63. The van der Waals surface area contributed by atoms with Crippen LogP contribution >= 0.6 is 11.3 Å². The number of rotatable bonds is 6. The molecule has 1 N–H and O–H groups in total. The van der Waals surface area contributed by atoms with Crippen molar-refractivity contribution < 1.29 is 14.3 Å². The van der Waals surface area contributed by atoms with E-state index < -0.39 is 6.10 Å². The molecule has 2 heterocycles. The van der Waals surface area contributed by atoms with E-state index in [1.807, 2.05) is 18.2 Å². The summed E-state index contributed by atoms with van der Waals surface area (Å²) >= 11 is 1.73. The molecule has 0 spiro atoms. The Morgan fingerprint density at radius 3 is 3.08 bits per heavy atom. The van der Waals surface area contributed by atoms with Gasteiger partial charge in [0.2, 0.25) is 0 Å². The number of aromatic nitrogens is 1. The molecule has 1 aliphatic carbocycles. The van der Waals surface area contributed by atoms with Gasteiger partial charge in [0.15, 0.2) is 0 Å². The number of anilines is 1. The molecule has 0 unspecified atom stereocenters. The summed E-state index contributed by atoms with van der Waals surface area (Å²) in [4.78, 5) is 17.0. The minimum atomic E-state index is -0.492. The Morgan fingerprint density at radius 2 is 2.33 bits per heavy atom. The predicted octanol–water partition coefficient (Wildman–Crippen LogP) is 3.70. The van der Waals surface area contributed by atoms with E-state index in [1.165, 1.54) is 17.8 Å². The van der Waals surface area contributed by atoms with Crippen molar-refractivity contribution in [3.63, 3.8) is 0 Å². The van der Waals surface area contributed by atoms with Gasteiger partial charge in [0.1, 0.15) is 6.10 Å². The van der Waals surface area contributed by atoms with E-state index in [1.54, 1.807) is 18.3 Å². The van der Waals surface area contributed by atoms with Gasteiger partial charge in [-0.1, -0.05) is 0 Å². The molecule has 1 aromatic carbocycles. The predicted molar refractivity (Wildman–Crippen MR) is 94.6 cm³/mol. The number of nitrogens with zero attached hydrogens (tertiary/aromatic N) is 1. The largest absolute Gasteiger partial charge is 0.376 e. The number of carbonyl (C=O) groups is 1. The van der Waals surface area contributed by atoms with Crippen LogP contribution in [0.1, 0.15) is 43.5 Å². The third-order valence-electron chi connectivity index (χ3n) is 4.52. The number of hydrogen-bond acceptors (Lipinski definition) is 5. The van der Waals surface area contributed by atoms with Gasteiger partial charge >= 0.3 is 0 Å². The summed E-state index contributed by atoms with van der Waals surface area (Å²) in [6, 6.07) is 5.89. The Kier molecular flexibility index (Phi) is 4.52. The van der Waals surface area contributed by atoms with Gasteiger partial charge in [-0.2, -0.15) is 0 Å². The van der Waals surface area contributed by atoms with Gasteiger partial charge < -0.3 is 14.8 Å². The smallest absolute Gasteiger partial charge is 0.253 e. The molecule has 24 heavy (non-hydrogen) atoms. The highest BCUT2D eigenvalue weighted by atomic mass is 32.1. The van der Waals surface area contributed by atoms with E-state index in [0.717, 1.165) is 35.4 Å². The Morgan fingerprint density at radius 1 is 1.46 bits per heavy atom. The van der Waals surface area contributed by atoms with Crippen molar-refractivity contribution in [3.05, 3.63) is 23.2 Å². The Labute approximate surface area is 145 Å². The van der Waals surface area contributed by atoms with Crippen molar-refractivity contribution in [3.8, 4) is 0 Å². The van der Waals surface area contributed by atoms with Crippen LogP contribution in [0.15, 0.2) is 18.2 Å². The molecule has 5 nitrogen and oxygen atoms in total. The van der Waals surface area contributed by atoms with E-state index in [-0.39, 0.29) is 12.0 Å². The van der Waals surface area contributed by atoms with Gasteiger partial charge in [-0.3, -0.25) is 4.79 Å². The van der Waals surface area contributed by atoms with Crippen LogP contribution in [0.2, 0.25) is 0 Å². The maximum Gasteiger partial charge on any atom is 0.253 e. The topological polar surface area (TPSA) is 60.5 Å². The molecule has 6 heteroatoms. The molecule has 0 bridgehead atoms. The normalized spacial score (nSPS) is 22.0. The zero-order valence-corrected chi connectivity index (χ0v) is 14.6. The van der Waals surface area contributed by atoms with E-state index in [9.17, 15) is 4.79 Å². The number of fused-ring (bicyclic) bond motifs is 1. The molecule has 2 fully saturated rings. The number of amides is 1. The third-order valence-corrected chi connectivity index (χ3v) is 5.71. The fourth-order valence-corrected chi connectivity index (χ4v) is 4.05. The molecule has 1 aliphatic heterocycles.